The molecule has 2 saturated carbocycles. The number of rotatable bonds is 8. The Balaban J connectivity index is 1.66. The van der Waals surface area contributed by atoms with E-state index < -0.39 is 11.6 Å². The van der Waals surface area contributed by atoms with Crippen molar-refractivity contribution in [2.75, 3.05) is 6.54 Å². The fourth-order valence-corrected chi connectivity index (χ4v) is 7.19. The maximum Gasteiger partial charge on any atom is 0.331 e. The summed E-state index contributed by atoms with van der Waals surface area (Å²) >= 11 is 0. The number of carbonyl (C=O) groups excluding carboxylic acids is 1. The van der Waals surface area contributed by atoms with E-state index >= 15 is 0 Å². The van der Waals surface area contributed by atoms with Crippen LogP contribution >= 0.6 is 0 Å². The molecule has 3 aliphatic carbocycles. The molecule has 0 bridgehead atoms. The van der Waals surface area contributed by atoms with Crippen molar-refractivity contribution in [3.63, 3.8) is 0 Å². The standard InChI is InChI=1S/C32H51N3O3/c1-22(2)11-16-27(24-12-14-25(15-13-24)30(37)38)35-29(36)28(33-21-23-9-7-6-8-10-23)34-32(35)19-17-26(18-20-32)31(3,4)5/h12,14,22-23,26-27H,6-11,13,15-21H2,1-5H3,(H,33,34)(H,37,38)/t26?,27-,32?/m1/s1. The highest BCUT2D eigenvalue weighted by Gasteiger charge is 2.54. The van der Waals surface area contributed by atoms with Crippen molar-refractivity contribution in [2.24, 2.45) is 28.2 Å². The van der Waals surface area contributed by atoms with Crippen molar-refractivity contribution in [1.29, 1.82) is 0 Å². The molecule has 6 nitrogen and oxygen atoms in total. The van der Waals surface area contributed by atoms with Crippen LogP contribution in [0.3, 0.4) is 0 Å². The van der Waals surface area contributed by atoms with E-state index in [0.29, 0.717) is 42.0 Å². The summed E-state index contributed by atoms with van der Waals surface area (Å²) in [5, 5.41) is 13.2. The zero-order valence-electron chi connectivity index (χ0n) is 24.5. The maximum atomic E-state index is 14.2. The predicted molar refractivity (Wildman–Crippen MR) is 154 cm³/mol. The van der Waals surface area contributed by atoms with E-state index in [0.717, 1.165) is 45.1 Å². The van der Waals surface area contributed by atoms with Crippen LogP contribution < -0.4 is 5.32 Å². The van der Waals surface area contributed by atoms with Crippen LogP contribution in [0.25, 0.3) is 0 Å². The molecular weight excluding hydrogens is 474 g/mol. The van der Waals surface area contributed by atoms with Gasteiger partial charge in [0.2, 0.25) is 0 Å². The van der Waals surface area contributed by atoms with Crippen LogP contribution in [0.1, 0.15) is 118 Å². The fourth-order valence-electron chi connectivity index (χ4n) is 7.19. The summed E-state index contributed by atoms with van der Waals surface area (Å²) in [7, 11) is 0. The van der Waals surface area contributed by atoms with Gasteiger partial charge in [-0.05, 0) is 93.0 Å². The number of nitrogens with zero attached hydrogens (tertiary/aromatic N) is 2. The van der Waals surface area contributed by atoms with E-state index in [1.807, 2.05) is 6.08 Å². The highest BCUT2D eigenvalue weighted by Crippen LogP contribution is 2.46. The van der Waals surface area contributed by atoms with Crippen LogP contribution in [0.5, 0.6) is 0 Å². The highest BCUT2D eigenvalue weighted by molar-refractivity contribution is 6.40. The van der Waals surface area contributed by atoms with Crippen molar-refractivity contribution in [2.45, 2.75) is 130 Å². The van der Waals surface area contributed by atoms with Gasteiger partial charge in [-0.25, -0.2) is 4.79 Å². The quantitative estimate of drug-likeness (QED) is 0.362. The van der Waals surface area contributed by atoms with E-state index in [2.05, 4.69) is 44.8 Å². The zero-order valence-corrected chi connectivity index (χ0v) is 24.5. The molecule has 1 heterocycles. The van der Waals surface area contributed by atoms with Gasteiger partial charge in [0, 0.05) is 12.1 Å². The third kappa shape index (κ3) is 6.54. The number of hydrogen-bond donors (Lipinski definition) is 2. The lowest BCUT2D eigenvalue weighted by atomic mass is 9.69. The summed E-state index contributed by atoms with van der Waals surface area (Å²) in [6, 6.07) is -0.0300. The average molecular weight is 526 g/mol. The first kappa shape index (κ1) is 28.9. The molecule has 4 rings (SSSR count). The molecule has 38 heavy (non-hydrogen) atoms. The number of nitrogens with one attached hydrogen (secondary N) is 1. The monoisotopic (exact) mass is 525 g/mol. The van der Waals surface area contributed by atoms with E-state index in [4.69, 9.17) is 4.99 Å². The largest absolute Gasteiger partial charge is 0.478 e. The van der Waals surface area contributed by atoms with Crippen molar-refractivity contribution >= 4 is 17.7 Å². The van der Waals surface area contributed by atoms with Crippen LogP contribution in [0.2, 0.25) is 0 Å². The highest BCUT2D eigenvalue weighted by atomic mass is 16.4. The summed E-state index contributed by atoms with van der Waals surface area (Å²) in [6.07, 6.45) is 17.3. The molecule has 1 spiro atoms. The Morgan fingerprint density at radius 2 is 1.76 bits per heavy atom. The number of carboxylic acids is 1. The summed E-state index contributed by atoms with van der Waals surface area (Å²) in [5.41, 5.74) is 1.51. The van der Waals surface area contributed by atoms with Gasteiger partial charge in [0.05, 0.1) is 6.04 Å². The molecule has 3 fully saturated rings. The second-order valence-electron chi connectivity index (χ2n) is 13.9. The Bertz CT molecular complexity index is 957. The zero-order chi connectivity index (χ0) is 27.5. The molecule has 1 amide bonds. The van der Waals surface area contributed by atoms with Crippen LogP contribution in [0.4, 0.5) is 0 Å². The van der Waals surface area contributed by atoms with E-state index in [9.17, 15) is 14.7 Å². The number of amides is 1. The average Bonchev–Trinajstić information content (AvgIpc) is 3.14. The molecule has 1 saturated heterocycles. The first-order valence-corrected chi connectivity index (χ1v) is 15.3. The first-order valence-electron chi connectivity index (χ1n) is 15.3. The van der Waals surface area contributed by atoms with Crippen molar-refractivity contribution in [3.05, 3.63) is 23.3 Å². The van der Waals surface area contributed by atoms with Gasteiger partial charge >= 0.3 is 5.97 Å². The van der Waals surface area contributed by atoms with Gasteiger partial charge in [-0.1, -0.05) is 66.0 Å². The fraction of sp³-hybridized carbons (Fsp3) is 0.781. The molecule has 1 atom stereocenters. The summed E-state index contributed by atoms with van der Waals surface area (Å²) in [5.74, 6) is 1.54. The van der Waals surface area contributed by atoms with Gasteiger partial charge in [0.15, 0.2) is 5.84 Å². The summed E-state index contributed by atoms with van der Waals surface area (Å²) < 4.78 is 0. The third-order valence-electron chi connectivity index (χ3n) is 9.72. The van der Waals surface area contributed by atoms with Crippen LogP contribution in [0, 0.1) is 23.2 Å². The Morgan fingerprint density at radius 3 is 2.32 bits per heavy atom. The Hall–Kier alpha value is -2.11. The van der Waals surface area contributed by atoms with Crippen molar-refractivity contribution < 1.29 is 14.7 Å². The lowest BCUT2D eigenvalue weighted by molar-refractivity contribution is -0.133. The van der Waals surface area contributed by atoms with E-state index in [-0.39, 0.29) is 17.4 Å². The predicted octanol–water partition coefficient (Wildman–Crippen LogP) is 6.87. The molecule has 4 aliphatic rings. The van der Waals surface area contributed by atoms with E-state index in [1.54, 1.807) is 6.08 Å². The molecule has 0 aromatic heterocycles. The Labute approximate surface area is 230 Å². The lowest BCUT2D eigenvalue weighted by Gasteiger charge is -2.49. The number of carboxylic acid groups (broad SMARTS) is 1. The Kier molecular flexibility index (Phi) is 9.09. The van der Waals surface area contributed by atoms with Gasteiger partial charge in [-0.2, -0.15) is 0 Å². The number of carbonyl (C=O) groups is 2. The molecule has 0 aromatic rings. The molecule has 0 aromatic carbocycles. The number of aliphatic carboxylic acids is 1. The summed E-state index contributed by atoms with van der Waals surface area (Å²) in [6.45, 7) is 12.2. The number of amidine groups is 1. The van der Waals surface area contributed by atoms with Crippen LogP contribution in [-0.4, -0.2) is 46.0 Å². The molecule has 0 unspecified atom stereocenters. The van der Waals surface area contributed by atoms with Gasteiger partial charge in [0.1, 0.15) is 5.66 Å². The van der Waals surface area contributed by atoms with Gasteiger partial charge in [-0.3, -0.25) is 9.79 Å². The Morgan fingerprint density at radius 1 is 1.08 bits per heavy atom. The minimum Gasteiger partial charge on any atom is -0.478 e. The SMILES string of the molecule is CC(C)CC[C@H](C1=CC=C(C(=O)O)CC1)N1C(=O)C(=NCC2CCCCC2)NC12CCC(C(C)(C)C)CC2. The van der Waals surface area contributed by atoms with Crippen molar-refractivity contribution in [1.82, 2.24) is 10.2 Å². The molecular formula is C32H51N3O3. The minimum atomic E-state index is -0.841. The molecule has 1 aliphatic heterocycles. The van der Waals surface area contributed by atoms with Crippen LogP contribution in [-0.2, 0) is 9.59 Å². The third-order valence-corrected chi connectivity index (χ3v) is 9.72. The van der Waals surface area contributed by atoms with Crippen molar-refractivity contribution in [3.8, 4) is 0 Å². The minimum absolute atomic E-state index is 0.0300. The number of aliphatic imine (C=N–C) groups is 1. The van der Waals surface area contributed by atoms with Gasteiger partial charge in [0.25, 0.3) is 5.91 Å². The summed E-state index contributed by atoms with van der Waals surface area (Å²) in [4.78, 5) is 32.9. The van der Waals surface area contributed by atoms with E-state index in [1.165, 1.54) is 37.7 Å². The second kappa shape index (κ2) is 12.0. The van der Waals surface area contributed by atoms with Crippen LogP contribution in [0.15, 0.2) is 28.3 Å². The second-order valence-corrected chi connectivity index (χ2v) is 13.9. The molecule has 0 radical (unpaired) electrons. The first-order chi connectivity index (χ1) is 18.0. The normalized spacial score (nSPS) is 29.0. The number of allylic oxidation sites excluding steroid dienone is 2. The molecule has 212 valence electrons. The molecule has 6 heteroatoms. The van der Waals surface area contributed by atoms with Gasteiger partial charge < -0.3 is 15.3 Å². The lowest BCUT2D eigenvalue weighted by Crippen LogP contribution is -2.59. The number of hydrogen-bond acceptors (Lipinski definition) is 3. The smallest absolute Gasteiger partial charge is 0.331 e. The topological polar surface area (TPSA) is 82.0 Å². The maximum absolute atomic E-state index is 14.2. The molecule has 2 N–H and O–H groups in total. The van der Waals surface area contributed by atoms with Gasteiger partial charge in [-0.15, -0.1) is 0 Å².